The lowest BCUT2D eigenvalue weighted by Gasteiger charge is -2.21. The van der Waals surface area contributed by atoms with Gasteiger partial charge in [0.25, 0.3) is 0 Å². The summed E-state index contributed by atoms with van der Waals surface area (Å²) in [5, 5.41) is 11.3. The second-order valence-corrected chi connectivity index (χ2v) is 5.72. The van der Waals surface area contributed by atoms with Crippen LogP contribution < -0.4 is 11.1 Å². The predicted octanol–water partition coefficient (Wildman–Crippen LogP) is 1.98. The minimum atomic E-state index is -1.21. The van der Waals surface area contributed by atoms with Crippen LogP contribution in [0.4, 0.5) is 9.18 Å². The molecule has 0 bridgehead atoms. The quantitative estimate of drug-likeness (QED) is 0.490. The van der Waals surface area contributed by atoms with Gasteiger partial charge in [0, 0.05) is 0 Å². The molecule has 0 aromatic carbocycles. The Morgan fingerprint density at radius 1 is 1.45 bits per heavy atom. The van der Waals surface area contributed by atoms with E-state index in [1.807, 2.05) is 0 Å². The van der Waals surface area contributed by atoms with E-state index in [0.29, 0.717) is 0 Å². The highest BCUT2D eigenvalue weighted by Gasteiger charge is 2.23. The molecular formula is C14H24FN3O4. The number of carbonyl (C=O) groups excluding carboxylic acids is 1. The SMILES string of the molecule is CC(N)=NCC(F)=CCC[C@H](NC(=O)OC(C)(C)C)C(=O)O. The third-order valence-electron chi connectivity index (χ3n) is 2.29. The normalized spacial score (nSPS) is 14.4. The molecule has 0 saturated heterocycles. The number of halogens is 1. The summed E-state index contributed by atoms with van der Waals surface area (Å²) in [5.41, 5.74) is 4.55. The highest BCUT2D eigenvalue weighted by molar-refractivity contribution is 5.80. The summed E-state index contributed by atoms with van der Waals surface area (Å²) in [5.74, 6) is -1.46. The van der Waals surface area contributed by atoms with Gasteiger partial charge in [0.1, 0.15) is 17.5 Å². The molecule has 1 amide bonds. The Labute approximate surface area is 129 Å². The van der Waals surface area contributed by atoms with Crippen LogP contribution >= 0.6 is 0 Å². The van der Waals surface area contributed by atoms with Gasteiger partial charge in [-0.2, -0.15) is 0 Å². The summed E-state index contributed by atoms with van der Waals surface area (Å²) in [4.78, 5) is 26.3. The largest absolute Gasteiger partial charge is 0.480 e. The van der Waals surface area contributed by atoms with E-state index in [0.717, 1.165) is 0 Å². The molecule has 1 atom stereocenters. The summed E-state index contributed by atoms with van der Waals surface area (Å²) >= 11 is 0. The smallest absolute Gasteiger partial charge is 0.408 e. The number of hydrogen-bond acceptors (Lipinski definition) is 4. The Kier molecular flexibility index (Phi) is 8.14. The maximum Gasteiger partial charge on any atom is 0.408 e. The highest BCUT2D eigenvalue weighted by Crippen LogP contribution is 2.09. The average molecular weight is 317 g/mol. The minimum absolute atomic E-state index is 0.0350. The summed E-state index contributed by atoms with van der Waals surface area (Å²) < 4.78 is 18.3. The summed E-state index contributed by atoms with van der Waals surface area (Å²) in [6.07, 6.45) is 0.567. The Balaban J connectivity index is 4.43. The fourth-order valence-corrected chi connectivity index (χ4v) is 1.38. The van der Waals surface area contributed by atoms with Crippen molar-refractivity contribution in [3.05, 3.63) is 11.9 Å². The predicted molar refractivity (Wildman–Crippen MR) is 81.4 cm³/mol. The van der Waals surface area contributed by atoms with Crippen molar-refractivity contribution in [2.45, 2.75) is 52.2 Å². The van der Waals surface area contributed by atoms with Gasteiger partial charge < -0.3 is 20.9 Å². The first kappa shape index (κ1) is 19.9. The third-order valence-corrected chi connectivity index (χ3v) is 2.29. The minimum Gasteiger partial charge on any atom is -0.480 e. The molecule has 0 aromatic rings. The van der Waals surface area contributed by atoms with Crippen LogP contribution in [0.5, 0.6) is 0 Å². The van der Waals surface area contributed by atoms with Gasteiger partial charge in [-0.1, -0.05) is 6.08 Å². The molecule has 0 spiro atoms. The van der Waals surface area contributed by atoms with Crippen LogP contribution in [-0.2, 0) is 9.53 Å². The van der Waals surface area contributed by atoms with Gasteiger partial charge in [-0.05, 0) is 40.5 Å². The molecular weight excluding hydrogens is 293 g/mol. The molecule has 0 aliphatic heterocycles. The highest BCUT2D eigenvalue weighted by atomic mass is 19.1. The number of hydrogen-bond donors (Lipinski definition) is 3. The lowest BCUT2D eigenvalue weighted by atomic mass is 10.1. The number of aliphatic imine (C=N–C) groups is 1. The second kappa shape index (κ2) is 9.01. The van der Waals surface area contributed by atoms with E-state index in [1.165, 1.54) is 6.08 Å². The zero-order chi connectivity index (χ0) is 17.3. The first-order valence-corrected chi connectivity index (χ1v) is 6.84. The molecule has 0 aromatic heterocycles. The van der Waals surface area contributed by atoms with Crippen LogP contribution in [0, 0.1) is 0 Å². The number of rotatable bonds is 7. The zero-order valence-electron chi connectivity index (χ0n) is 13.4. The van der Waals surface area contributed by atoms with Crippen LogP contribution in [0.3, 0.4) is 0 Å². The molecule has 126 valence electrons. The standard InChI is InChI=1S/C14H24FN3O4/c1-9(16)17-8-10(15)6-5-7-11(12(19)20)18-13(21)22-14(2,3)4/h6,11H,5,7-8H2,1-4H3,(H2,16,17)(H,18,21)(H,19,20)/t11-/m0/s1. The molecule has 22 heavy (non-hydrogen) atoms. The van der Waals surface area contributed by atoms with Crippen molar-refractivity contribution in [2.75, 3.05) is 6.54 Å². The average Bonchev–Trinajstić information content (AvgIpc) is 2.32. The number of amidine groups is 1. The van der Waals surface area contributed by atoms with Gasteiger partial charge in [-0.25, -0.2) is 14.0 Å². The van der Waals surface area contributed by atoms with Gasteiger partial charge in [-0.15, -0.1) is 0 Å². The number of carboxylic acid groups (broad SMARTS) is 1. The van der Waals surface area contributed by atoms with Gasteiger partial charge in [0.2, 0.25) is 0 Å². The molecule has 8 heteroatoms. The van der Waals surface area contributed by atoms with Crippen LogP contribution in [0.15, 0.2) is 16.9 Å². The number of amides is 1. The summed E-state index contributed by atoms with van der Waals surface area (Å²) in [7, 11) is 0. The maximum atomic E-state index is 13.3. The van der Waals surface area contributed by atoms with Gasteiger partial charge in [0.15, 0.2) is 0 Å². The van der Waals surface area contributed by atoms with Crippen molar-refractivity contribution in [1.82, 2.24) is 5.32 Å². The monoisotopic (exact) mass is 317 g/mol. The number of nitrogens with zero attached hydrogens (tertiary/aromatic N) is 1. The Bertz CT molecular complexity index is 451. The van der Waals surface area contributed by atoms with Crippen molar-refractivity contribution >= 4 is 17.9 Å². The Hall–Kier alpha value is -2.12. The van der Waals surface area contributed by atoms with E-state index in [4.69, 9.17) is 15.6 Å². The Morgan fingerprint density at radius 2 is 2.05 bits per heavy atom. The molecule has 0 fully saturated rings. The van der Waals surface area contributed by atoms with E-state index in [-0.39, 0.29) is 25.2 Å². The number of nitrogens with two attached hydrogens (primary N) is 1. The molecule has 0 saturated carbocycles. The number of carboxylic acids is 1. The number of allylic oxidation sites excluding steroid dienone is 1. The van der Waals surface area contributed by atoms with Crippen molar-refractivity contribution in [3.63, 3.8) is 0 Å². The number of aliphatic carboxylic acids is 1. The third kappa shape index (κ3) is 10.6. The molecule has 0 radical (unpaired) electrons. The summed E-state index contributed by atoms with van der Waals surface area (Å²) in [6, 6.07) is -1.15. The van der Waals surface area contributed by atoms with E-state index in [1.54, 1.807) is 27.7 Å². The summed E-state index contributed by atoms with van der Waals surface area (Å²) in [6.45, 7) is 6.36. The van der Waals surface area contributed by atoms with Crippen molar-refractivity contribution < 1.29 is 23.8 Å². The lowest BCUT2D eigenvalue weighted by Crippen LogP contribution is -2.43. The second-order valence-electron chi connectivity index (χ2n) is 5.72. The first-order valence-electron chi connectivity index (χ1n) is 6.84. The Morgan fingerprint density at radius 3 is 2.50 bits per heavy atom. The molecule has 0 heterocycles. The number of alkyl carbamates (subject to hydrolysis) is 1. The molecule has 0 rings (SSSR count). The van der Waals surface area contributed by atoms with Crippen LogP contribution in [0.1, 0.15) is 40.5 Å². The molecule has 7 nitrogen and oxygen atoms in total. The molecule has 0 aliphatic rings. The molecule has 0 aliphatic carbocycles. The van der Waals surface area contributed by atoms with E-state index in [2.05, 4.69) is 10.3 Å². The zero-order valence-corrected chi connectivity index (χ0v) is 13.4. The van der Waals surface area contributed by atoms with E-state index >= 15 is 0 Å². The fraction of sp³-hybridized carbons (Fsp3) is 0.643. The van der Waals surface area contributed by atoms with Gasteiger partial charge in [0.05, 0.1) is 12.4 Å². The molecule has 0 unspecified atom stereocenters. The fourth-order valence-electron chi connectivity index (χ4n) is 1.38. The first-order chi connectivity index (χ1) is 10.0. The van der Waals surface area contributed by atoms with Crippen molar-refractivity contribution in [2.24, 2.45) is 10.7 Å². The number of carbonyl (C=O) groups is 2. The molecule has 4 N–H and O–H groups in total. The number of nitrogens with one attached hydrogen (secondary N) is 1. The van der Waals surface area contributed by atoms with Crippen molar-refractivity contribution in [1.29, 1.82) is 0 Å². The lowest BCUT2D eigenvalue weighted by molar-refractivity contribution is -0.139. The van der Waals surface area contributed by atoms with Crippen molar-refractivity contribution in [3.8, 4) is 0 Å². The van der Waals surface area contributed by atoms with Gasteiger partial charge >= 0.3 is 12.1 Å². The number of ether oxygens (including phenoxy) is 1. The van der Waals surface area contributed by atoms with E-state index in [9.17, 15) is 14.0 Å². The van der Waals surface area contributed by atoms with Gasteiger partial charge in [-0.3, -0.25) is 4.99 Å². The topological polar surface area (TPSA) is 114 Å². The van der Waals surface area contributed by atoms with Crippen LogP contribution in [0.2, 0.25) is 0 Å². The van der Waals surface area contributed by atoms with E-state index < -0.39 is 29.5 Å². The van der Waals surface area contributed by atoms with Crippen LogP contribution in [-0.4, -0.2) is 41.2 Å². The maximum absolute atomic E-state index is 13.3. The van der Waals surface area contributed by atoms with Crippen LogP contribution in [0.25, 0.3) is 0 Å².